The highest BCUT2D eigenvalue weighted by Crippen LogP contribution is 2.25. The molecule has 0 saturated heterocycles. The molecule has 4 heteroatoms. The van der Waals surface area contributed by atoms with Crippen LogP contribution in [0.3, 0.4) is 0 Å². The van der Waals surface area contributed by atoms with Crippen molar-refractivity contribution in [2.45, 2.75) is 26.3 Å². The maximum Gasteiger partial charge on any atom is 0.0992 e. The van der Waals surface area contributed by atoms with E-state index >= 15 is 0 Å². The van der Waals surface area contributed by atoms with E-state index in [9.17, 15) is 0 Å². The third kappa shape index (κ3) is 3.00. The summed E-state index contributed by atoms with van der Waals surface area (Å²) in [5, 5.41) is 3.49. The normalized spacial score (nSPS) is 12.6. The van der Waals surface area contributed by atoms with Crippen molar-refractivity contribution in [3.05, 3.63) is 47.0 Å². The van der Waals surface area contributed by atoms with Crippen molar-refractivity contribution in [1.29, 1.82) is 0 Å². The van der Waals surface area contributed by atoms with Gasteiger partial charge in [-0.2, -0.15) is 0 Å². The molecule has 3 nitrogen and oxygen atoms in total. The van der Waals surface area contributed by atoms with Gasteiger partial charge >= 0.3 is 0 Å². The lowest BCUT2D eigenvalue weighted by Gasteiger charge is -2.15. The van der Waals surface area contributed by atoms with Crippen LogP contribution in [0.2, 0.25) is 0 Å². The summed E-state index contributed by atoms with van der Waals surface area (Å²) in [6.07, 6.45) is 6.68. The van der Waals surface area contributed by atoms with Crippen LogP contribution >= 0.6 is 15.9 Å². The maximum atomic E-state index is 4.07. The van der Waals surface area contributed by atoms with Crippen LogP contribution in [-0.2, 0) is 0 Å². The lowest BCUT2D eigenvalue weighted by atomic mass is 10.1. The molecule has 0 aliphatic heterocycles. The van der Waals surface area contributed by atoms with E-state index in [-0.39, 0.29) is 0 Å². The van der Waals surface area contributed by atoms with Crippen molar-refractivity contribution in [2.75, 3.05) is 6.54 Å². The number of imidazole rings is 1. The zero-order chi connectivity index (χ0) is 13.0. The molecule has 0 saturated carbocycles. The highest BCUT2D eigenvalue weighted by molar-refractivity contribution is 9.10. The number of halogens is 1. The lowest BCUT2D eigenvalue weighted by molar-refractivity contribution is 0.570. The van der Waals surface area contributed by atoms with Gasteiger partial charge < -0.3 is 9.88 Å². The summed E-state index contributed by atoms with van der Waals surface area (Å²) >= 11 is 3.63. The fourth-order valence-electron chi connectivity index (χ4n) is 1.88. The summed E-state index contributed by atoms with van der Waals surface area (Å²) in [5.74, 6) is 0. The van der Waals surface area contributed by atoms with Crippen LogP contribution in [-0.4, -0.2) is 16.1 Å². The van der Waals surface area contributed by atoms with Crippen molar-refractivity contribution < 1.29 is 0 Å². The van der Waals surface area contributed by atoms with Gasteiger partial charge in [0.25, 0.3) is 0 Å². The summed E-state index contributed by atoms with van der Waals surface area (Å²) in [7, 11) is 0. The Hall–Kier alpha value is -1.13. The summed E-state index contributed by atoms with van der Waals surface area (Å²) < 4.78 is 3.08. The molecule has 1 aromatic carbocycles. The number of rotatable bonds is 5. The average molecular weight is 308 g/mol. The highest BCUT2D eigenvalue weighted by atomic mass is 79.9. The summed E-state index contributed by atoms with van der Waals surface area (Å²) in [4.78, 5) is 4.07. The Morgan fingerprint density at radius 3 is 2.89 bits per heavy atom. The van der Waals surface area contributed by atoms with E-state index in [2.05, 4.69) is 58.3 Å². The van der Waals surface area contributed by atoms with Gasteiger partial charge in [0.2, 0.25) is 0 Å². The fraction of sp³-hybridized carbons (Fsp3) is 0.357. The van der Waals surface area contributed by atoms with Crippen LogP contribution in [0.25, 0.3) is 5.69 Å². The number of nitrogens with zero attached hydrogens (tertiary/aromatic N) is 2. The van der Waals surface area contributed by atoms with Crippen molar-refractivity contribution in [3.63, 3.8) is 0 Å². The Kier molecular flexibility index (Phi) is 4.55. The van der Waals surface area contributed by atoms with Gasteiger partial charge in [0, 0.05) is 22.9 Å². The predicted octanol–water partition coefficient (Wildman–Crippen LogP) is 3.70. The molecule has 0 aliphatic rings. The molecule has 2 aromatic rings. The first kappa shape index (κ1) is 13.3. The van der Waals surface area contributed by atoms with Crippen LogP contribution in [0.5, 0.6) is 0 Å². The second-order valence-electron chi connectivity index (χ2n) is 4.36. The quantitative estimate of drug-likeness (QED) is 0.913. The van der Waals surface area contributed by atoms with Gasteiger partial charge in [0.1, 0.15) is 0 Å². The molecular weight excluding hydrogens is 290 g/mol. The van der Waals surface area contributed by atoms with Gasteiger partial charge in [-0.1, -0.05) is 13.0 Å². The van der Waals surface area contributed by atoms with Gasteiger partial charge in [-0.05, 0) is 53.5 Å². The van der Waals surface area contributed by atoms with Crippen molar-refractivity contribution in [2.24, 2.45) is 0 Å². The van der Waals surface area contributed by atoms with E-state index in [4.69, 9.17) is 0 Å². The summed E-state index contributed by atoms with van der Waals surface area (Å²) in [6, 6.07) is 6.82. The van der Waals surface area contributed by atoms with Crippen molar-refractivity contribution >= 4 is 15.9 Å². The molecule has 1 heterocycles. The molecule has 96 valence electrons. The van der Waals surface area contributed by atoms with Crippen LogP contribution < -0.4 is 5.32 Å². The molecule has 2 rings (SSSR count). The minimum atomic E-state index is 0.373. The van der Waals surface area contributed by atoms with E-state index in [1.165, 1.54) is 5.56 Å². The third-order valence-corrected chi connectivity index (χ3v) is 3.59. The number of benzene rings is 1. The maximum absolute atomic E-state index is 4.07. The minimum Gasteiger partial charge on any atom is -0.310 e. The Morgan fingerprint density at radius 2 is 2.28 bits per heavy atom. The van der Waals surface area contributed by atoms with Crippen LogP contribution in [0, 0.1) is 0 Å². The first-order chi connectivity index (χ1) is 8.72. The van der Waals surface area contributed by atoms with E-state index in [0.717, 1.165) is 23.1 Å². The molecule has 18 heavy (non-hydrogen) atoms. The van der Waals surface area contributed by atoms with Crippen molar-refractivity contribution in [1.82, 2.24) is 14.9 Å². The van der Waals surface area contributed by atoms with E-state index in [0.29, 0.717) is 6.04 Å². The molecule has 1 unspecified atom stereocenters. The lowest BCUT2D eigenvalue weighted by Crippen LogP contribution is -2.19. The van der Waals surface area contributed by atoms with Gasteiger partial charge in [0.15, 0.2) is 0 Å². The number of hydrogen-bond acceptors (Lipinski definition) is 2. The average Bonchev–Trinajstić information content (AvgIpc) is 2.89. The Balaban J connectivity index is 2.20. The zero-order valence-electron chi connectivity index (χ0n) is 10.7. The Labute approximate surface area is 116 Å². The molecule has 0 fully saturated rings. The molecule has 0 amide bonds. The Morgan fingerprint density at radius 1 is 1.44 bits per heavy atom. The monoisotopic (exact) mass is 307 g/mol. The number of nitrogens with one attached hydrogen (secondary N) is 1. The molecular formula is C14H18BrN3. The van der Waals surface area contributed by atoms with Crippen molar-refractivity contribution in [3.8, 4) is 5.69 Å². The van der Waals surface area contributed by atoms with E-state index in [1.54, 1.807) is 12.5 Å². The minimum absolute atomic E-state index is 0.373. The van der Waals surface area contributed by atoms with Gasteiger partial charge in [-0.25, -0.2) is 4.98 Å². The van der Waals surface area contributed by atoms with Gasteiger partial charge in [-0.3, -0.25) is 0 Å². The van der Waals surface area contributed by atoms with Crippen LogP contribution in [0.15, 0.2) is 41.4 Å². The molecule has 1 atom stereocenters. The smallest absolute Gasteiger partial charge is 0.0992 e. The SMILES string of the molecule is CCCNC(C)c1ccc(-n2ccnc2)c(Br)c1. The summed E-state index contributed by atoms with van der Waals surface area (Å²) in [5.41, 5.74) is 2.40. The number of aromatic nitrogens is 2. The zero-order valence-corrected chi connectivity index (χ0v) is 12.3. The number of hydrogen-bond donors (Lipinski definition) is 1. The topological polar surface area (TPSA) is 29.9 Å². The third-order valence-electron chi connectivity index (χ3n) is 2.95. The Bertz CT molecular complexity index is 494. The second kappa shape index (κ2) is 6.16. The van der Waals surface area contributed by atoms with Crippen LogP contribution in [0.4, 0.5) is 0 Å². The standard InChI is InChI=1S/C14H18BrN3/c1-3-6-17-11(2)12-4-5-14(13(15)9-12)18-8-7-16-10-18/h4-5,7-11,17H,3,6H2,1-2H3. The second-order valence-corrected chi connectivity index (χ2v) is 5.21. The fourth-order valence-corrected chi connectivity index (χ4v) is 2.48. The van der Waals surface area contributed by atoms with Crippen LogP contribution in [0.1, 0.15) is 31.9 Å². The van der Waals surface area contributed by atoms with E-state index in [1.807, 2.05) is 10.8 Å². The molecule has 0 bridgehead atoms. The molecule has 0 aliphatic carbocycles. The predicted molar refractivity (Wildman–Crippen MR) is 78.0 cm³/mol. The van der Waals surface area contributed by atoms with E-state index < -0.39 is 0 Å². The molecule has 0 spiro atoms. The largest absolute Gasteiger partial charge is 0.310 e. The summed E-state index contributed by atoms with van der Waals surface area (Å²) in [6.45, 7) is 5.41. The first-order valence-corrected chi connectivity index (χ1v) is 7.03. The first-order valence-electron chi connectivity index (χ1n) is 6.23. The van der Waals surface area contributed by atoms with Gasteiger partial charge in [0.05, 0.1) is 12.0 Å². The molecule has 1 aromatic heterocycles. The molecule has 1 N–H and O–H groups in total. The van der Waals surface area contributed by atoms with Gasteiger partial charge in [-0.15, -0.1) is 0 Å². The molecule has 0 radical (unpaired) electrons. The highest BCUT2D eigenvalue weighted by Gasteiger charge is 2.08.